The number of nitrogen functional groups attached to an aromatic ring is 1. The number of hydrogen-bond acceptors (Lipinski definition) is 3. The monoisotopic (exact) mass is 266 g/mol. The van der Waals surface area contributed by atoms with Crippen LogP contribution in [0.15, 0.2) is 18.2 Å². The molecule has 0 radical (unpaired) electrons. The summed E-state index contributed by atoms with van der Waals surface area (Å²) in [5.74, 6) is 0.404. The summed E-state index contributed by atoms with van der Waals surface area (Å²) in [5, 5.41) is 13.7. The SMILES string of the molecule is CCC1CCC(O)(CNc2ccc(F)cc2N)CC1. The van der Waals surface area contributed by atoms with Crippen molar-refractivity contribution in [1.29, 1.82) is 0 Å². The molecule has 0 spiro atoms. The maximum Gasteiger partial charge on any atom is 0.125 e. The van der Waals surface area contributed by atoms with Crippen LogP contribution >= 0.6 is 0 Å². The molecule has 0 bridgehead atoms. The first-order valence-electron chi connectivity index (χ1n) is 7.04. The van der Waals surface area contributed by atoms with E-state index in [2.05, 4.69) is 12.2 Å². The van der Waals surface area contributed by atoms with Crippen molar-refractivity contribution in [3.05, 3.63) is 24.0 Å². The van der Waals surface area contributed by atoms with Gasteiger partial charge in [-0.15, -0.1) is 0 Å². The molecule has 0 amide bonds. The number of benzene rings is 1. The van der Waals surface area contributed by atoms with Crippen molar-refractivity contribution in [2.24, 2.45) is 5.92 Å². The molecule has 1 saturated carbocycles. The third kappa shape index (κ3) is 3.60. The van der Waals surface area contributed by atoms with E-state index in [1.807, 2.05) is 0 Å². The molecule has 1 aromatic rings. The molecule has 0 unspecified atom stereocenters. The van der Waals surface area contributed by atoms with E-state index in [0.29, 0.717) is 17.9 Å². The quantitative estimate of drug-likeness (QED) is 0.734. The normalized spacial score (nSPS) is 27.2. The third-order valence-electron chi connectivity index (χ3n) is 4.23. The average molecular weight is 266 g/mol. The van der Waals surface area contributed by atoms with Gasteiger partial charge in [-0.1, -0.05) is 13.3 Å². The van der Waals surface area contributed by atoms with Gasteiger partial charge in [0.15, 0.2) is 0 Å². The number of nitrogens with two attached hydrogens (primary N) is 1. The summed E-state index contributed by atoms with van der Waals surface area (Å²) in [5.41, 5.74) is 6.15. The smallest absolute Gasteiger partial charge is 0.125 e. The van der Waals surface area contributed by atoms with Gasteiger partial charge in [0.05, 0.1) is 17.0 Å². The second-order valence-electron chi connectivity index (χ2n) is 5.66. The summed E-state index contributed by atoms with van der Waals surface area (Å²) in [6, 6.07) is 4.28. The van der Waals surface area contributed by atoms with Crippen molar-refractivity contribution >= 4 is 11.4 Å². The summed E-state index contributed by atoms with van der Waals surface area (Å²) in [4.78, 5) is 0. The fraction of sp³-hybridized carbons (Fsp3) is 0.600. The van der Waals surface area contributed by atoms with Crippen LogP contribution in [0.3, 0.4) is 0 Å². The number of nitrogens with one attached hydrogen (secondary N) is 1. The molecule has 2 rings (SSSR count). The maximum absolute atomic E-state index is 12.9. The average Bonchev–Trinajstić information content (AvgIpc) is 2.39. The van der Waals surface area contributed by atoms with Crippen molar-refractivity contribution < 1.29 is 9.50 Å². The summed E-state index contributed by atoms with van der Waals surface area (Å²) in [7, 11) is 0. The van der Waals surface area contributed by atoms with E-state index in [1.165, 1.54) is 18.6 Å². The molecule has 0 atom stereocenters. The fourth-order valence-corrected chi connectivity index (χ4v) is 2.75. The van der Waals surface area contributed by atoms with Crippen LogP contribution in [0.1, 0.15) is 39.0 Å². The van der Waals surface area contributed by atoms with Crippen LogP contribution < -0.4 is 11.1 Å². The van der Waals surface area contributed by atoms with Gasteiger partial charge >= 0.3 is 0 Å². The van der Waals surface area contributed by atoms with E-state index in [1.54, 1.807) is 6.07 Å². The molecule has 0 saturated heterocycles. The molecule has 1 aromatic carbocycles. The molecule has 4 N–H and O–H groups in total. The van der Waals surface area contributed by atoms with E-state index < -0.39 is 5.60 Å². The molecule has 1 aliphatic carbocycles. The Balaban J connectivity index is 1.91. The van der Waals surface area contributed by atoms with Gasteiger partial charge in [0, 0.05) is 6.54 Å². The van der Waals surface area contributed by atoms with Crippen LogP contribution in [-0.2, 0) is 0 Å². The minimum Gasteiger partial charge on any atom is -0.397 e. The Hall–Kier alpha value is -1.29. The Kier molecular flexibility index (Phi) is 4.30. The zero-order valence-electron chi connectivity index (χ0n) is 11.5. The fourth-order valence-electron chi connectivity index (χ4n) is 2.75. The largest absolute Gasteiger partial charge is 0.397 e. The first-order chi connectivity index (χ1) is 9.02. The molecule has 0 aromatic heterocycles. The molecule has 1 aliphatic rings. The van der Waals surface area contributed by atoms with Crippen LogP contribution in [-0.4, -0.2) is 17.3 Å². The van der Waals surface area contributed by atoms with Crippen LogP contribution in [0.25, 0.3) is 0 Å². The van der Waals surface area contributed by atoms with Gasteiger partial charge < -0.3 is 16.2 Å². The Morgan fingerprint density at radius 2 is 2.11 bits per heavy atom. The van der Waals surface area contributed by atoms with Crippen molar-refractivity contribution in [2.75, 3.05) is 17.6 Å². The third-order valence-corrected chi connectivity index (χ3v) is 4.23. The van der Waals surface area contributed by atoms with E-state index >= 15 is 0 Å². The molecule has 4 heteroatoms. The van der Waals surface area contributed by atoms with Crippen molar-refractivity contribution in [3.63, 3.8) is 0 Å². The molecule has 1 fully saturated rings. The Bertz CT molecular complexity index is 428. The molecular formula is C15H23FN2O. The van der Waals surface area contributed by atoms with Gasteiger partial charge in [0.2, 0.25) is 0 Å². The second kappa shape index (κ2) is 5.78. The van der Waals surface area contributed by atoms with Gasteiger partial charge in [0.25, 0.3) is 0 Å². The van der Waals surface area contributed by atoms with E-state index in [-0.39, 0.29) is 5.82 Å². The molecule has 0 heterocycles. The standard InChI is InChI=1S/C15H23FN2O/c1-2-11-5-7-15(19,8-6-11)10-18-14-4-3-12(16)9-13(14)17/h3-4,9,11,18-19H,2,5-8,10,17H2,1H3. The molecule has 19 heavy (non-hydrogen) atoms. The summed E-state index contributed by atoms with van der Waals surface area (Å²) in [6.45, 7) is 2.67. The Labute approximate surface area is 114 Å². The Morgan fingerprint density at radius 3 is 2.68 bits per heavy atom. The van der Waals surface area contributed by atoms with Crippen LogP contribution in [0.4, 0.5) is 15.8 Å². The predicted molar refractivity (Wildman–Crippen MR) is 76.5 cm³/mol. The lowest BCUT2D eigenvalue weighted by molar-refractivity contribution is 0.00231. The van der Waals surface area contributed by atoms with E-state index in [9.17, 15) is 9.50 Å². The highest BCUT2D eigenvalue weighted by Crippen LogP contribution is 2.34. The second-order valence-corrected chi connectivity index (χ2v) is 5.66. The summed E-state index contributed by atoms with van der Waals surface area (Å²) in [6.07, 6.45) is 4.98. The molecule has 3 nitrogen and oxygen atoms in total. The number of anilines is 2. The van der Waals surface area contributed by atoms with Crippen molar-refractivity contribution in [1.82, 2.24) is 0 Å². The zero-order chi connectivity index (χ0) is 13.9. The first-order valence-corrected chi connectivity index (χ1v) is 7.04. The van der Waals surface area contributed by atoms with Crippen molar-refractivity contribution in [2.45, 2.75) is 44.6 Å². The van der Waals surface area contributed by atoms with Crippen molar-refractivity contribution in [3.8, 4) is 0 Å². The summed E-state index contributed by atoms with van der Waals surface area (Å²) < 4.78 is 12.9. The minimum atomic E-state index is -0.660. The highest BCUT2D eigenvalue weighted by atomic mass is 19.1. The van der Waals surface area contributed by atoms with E-state index in [4.69, 9.17) is 5.73 Å². The molecule has 106 valence electrons. The highest BCUT2D eigenvalue weighted by Gasteiger charge is 2.32. The van der Waals surface area contributed by atoms with Gasteiger partial charge in [-0.3, -0.25) is 0 Å². The number of hydrogen-bond donors (Lipinski definition) is 3. The van der Waals surface area contributed by atoms with Gasteiger partial charge in [-0.05, 0) is 49.8 Å². The summed E-state index contributed by atoms with van der Waals surface area (Å²) >= 11 is 0. The highest BCUT2D eigenvalue weighted by molar-refractivity contribution is 5.65. The molecular weight excluding hydrogens is 243 g/mol. The topological polar surface area (TPSA) is 58.3 Å². The Morgan fingerprint density at radius 1 is 1.42 bits per heavy atom. The van der Waals surface area contributed by atoms with Gasteiger partial charge in [-0.2, -0.15) is 0 Å². The number of rotatable bonds is 4. The maximum atomic E-state index is 12.9. The van der Waals surface area contributed by atoms with Gasteiger partial charge in [0.1, 0.15) is 5.82 Å². The van der Waals surface area contributed by atoms with E-state index in [0.717, 1.165) is 31.6 Å². The lowest BCUT2D eigenvalue weighted by Crippen LogP contribution is -2.40. The van der Waals surface area contributed by atoms with Gasteiger partial charge in [-0.25, -0.2) is 4.39 Å². The zero-order valence-corrected chi connectivity index (χ0v) is 11.5. The number of aliphatic hydroxyl groups is 1. The first kappa shape index (κ1) is 14.1. The predicted octanol–water partition coefficient (Wildman–Crippen LogP) is 3.15. The van der Waals surface area contributed by atoms with Crippen LogP contribution in [0.2, 0.25) is 0 Å². The minimum absolute atomic E-state index is 0.342. The van der Waals surface area contributed by atoms with Crippen LogP contribution in [0.5, 0.6) is 0 Å². The van der Waals surface area contributed by atoms with Crippen LogP contribution in [0, 0.1) is 11.7 Å². The lowest BCUT2D eigenvalue weighted by Gasteiger charge is -2.36. The lowest BCUT2D eigenvalue weighted by atomic mass is 9.78. The molecule has 0 aliphatic heterocycles. The number of halogens is 1.